The first kappa shape index (κ1) is 18.3. The molecule has 4 nitrogen and oxygen atoms in total. The fourth-order valence-electron chi connectivity index (χ4n) is 3.37. The number of hydrogen-bond acceptors (Lipinski definition) is 3. The molecule has 2 aromatic rings. The van der Waals surface area contributed by atoms with Crippen molar-refractivity contribution in [1.82, 2.24) is 5.32 Å². The van der Waals surface area contributed by atoms with Crippen molar-refractivity contribution in [1.29, 1.82) is 0 Å². The fraction of sp³-hybridized carbons (Fsp3) is 0.409. The third-order valence-electron chi connectivity index (χ3n) is 4.59. The lowest BCUT2D eigenvalue weighted by Gasteiger charge is -2.31. The molecule has 0 atom stereocenters. The summed E-state index contributed by atoms with van der Waals surface area (Å²) >= 11 is 0. The first-order chi connectivity index (χ1) is 12.6. The average molecular weight is 352 g/mol. The molecule has 0 saturated carbocycles. The van der Waals surface area contributed by atoms with Crippen molar-refractivity contribution < 1.29 is 9.53 Å². The number of amides is 1. The van der Waals surface area contributed by atoms with Gasteiger partial charge in [0.15, 0.2) is 0 Å². The van der Waals surface area contributed by atoms with Crippen LogP contribution in [0, 0.1) is 0 Å². The summed E-state index contributed by atoms with van der Waals surface area (Å²) in [5.74, 6) is 0.764. The van der Waals surface area contributed by atoms with Gasteiger partial charge in [-0.25, -0.2) is 0 Å². The van der Waals surface area contributed by atoms with Crippen LogP contribution in [0.3, 0.4) is 0 Å². The van der Waals surface area contributed by atoms with Gasteiger partial charge >= 0.3 is 0 Å². The van der Waals surface area contributed by atoms with Crippen LogP contribution in [0.2, 0.25) is 0 Å². The zero-order valence-electron chi connectivity index (χ0n) is 15.7. The van der Waals surface area contributed by atoms with Crippen molar-refractivity contribution in [2.24, 2.45) is 0 Å². The summed E-state index contributed by atoms with van der Waals surface area (Å²) in [6.45, 7) is 6.73. The minimum atomic E-state index is -0.0276. The number of benzene rings is 2. The van der Waals surface area contributed by atoms with Crippen molar-refractivity contribution in [2.45, 2.75) is 39.2 Å². The second-order valence-corrected chi connectivity index (χ2v) is 7.02. The van der Waals surface area contributed by atoms with Gasteiger partial charge in [-0.15, -0.1) is 0 Å². The highest BCUT2D eigenvalue weighted by atomic mass is 16.5. The monoisotopic (exact) mass is 352 g/mol. The van der Waals surface area contributed by atoms with E-state index in [4.69, 9.17) is 4.74 Å². The number of ether oxygens (including phenoxy) is 1. The molecule has 0 aliphatic carbocycles. The molecule has 1 N–H and O–H groups in total. The van der Waals surface area contributed by atoms with Gasteiger partial charge < -0.3 is 15.0 Å². The van der Waals surface area contributed by atoms with Crippen LogP contribution < -0.4 is 15.0 Å². The second kappa shape index (κ2) is 8.75. The number of carbonyl (C=O) groups excluding carboxylic acids is 1. The molecule has 1 heterocycles. The number of nitrogens with zero attached hydrogens (tertiary/aromatic N) is 1. The van der Waals surface area contributed by atoms with E-state index in [1.54, 1.807) is 0 Å². The minimum Gasteiger partial charge on any atom is -0.491 e. The summed E-state index contributed by atoms with van der Waals surface area (Å²) in [7, 11) is 0. The molecule has 1 aliphatic heterocycles. The molecule has 26 heavy (non-hydrogen) atoms. The van der Waals surface area contributed by atoms with E-state index in [0.717, 1.165) is 25.3 Å². The molecular formula is C22H28N2O2. The number of fused-ring (bicyclic) bond motifs is 1. The molecule has 138 valence electrons. The second-order valence-electron chi connectivity index (χ2n) is 7.02. The summed E-state index contributed by atoms with van der Waals surface area (Å²) in [5.41, 5.74) is 3.46. The van der Waals surface area contributed by atoms with Crippen LogP contribution in [0.15, 0.2) is 48.5 Å². The maximum absolute atomic E-state index is 12.3. The van der Waals surface area contributed by atoms with Crippen molar-refractivity contribution in [2.75, 3.05) is 24.5 Å². The molecule has 0 spiro atoms. The molecule has 0 aromatic heterocycles. The molecule has 0 unspecified atom stereocenters. The maximum Gasteiger partial charge on any atom is 0.251 e. The third-order valence-corrected chi connectivity index (χ3v) is 4.59. The Hall–Kier alpha value is -2.49. The molecule has 4 heteroatoms. The maximum atomic E-state index is 12.3. The zero-order valence-corrected chi connectivity index (χ0v) is 15.7. The predicted molar refractivity (Wildman–Crippen MR) is 106 cm³/mol. The number of aryl methyl sites for hydroxylation is 1. The van der Waals surface area contributed by atoms with Crippen molar-refractivity contribution in [3.05, 3.63) is 59.7 Å². The highest BCUT2D eigenvalue weighted by Gasteiger charge is 2.15. The summed E-state index contributed by atoms with van der Waals surface area (Å²) < 4.78 is 5.61. The number of nitrogens with one attached hydrogen (secondary N) is 1. The summed E-state index contributed by atoms with van der Waals surface area (Å²) in [5, 5.41) is 3.02. The van der Waals surface area contributed by atoms with Gasteiger partial charge in [0.1, 0.15) is 5.75 Å². The van der Waals surface area contributed by atoms with Gasteiger partial charge in [0.25, 0.3) is 5.91 Å². The van der Waals surface area contributed by atoms with Gasteiger partial charge in [0, 0.05) is 30.9 Å². The van der Waals surface area contributed by atoms with Gasteiger partial charge in [0.2, 0.25) is 0 Å². The predicted octanol–water partition coefficient (Wildman–Crippen LogP) is 4.05. The van der Waals surface area contributed by atoms with Gasteiger partial charge in [-0.2, -0.15) is 0 Å². The molecule has 2 aromatic carbocycles. The molecule has 1 amide bonds. The Morgan fingerprint density at radius 3 is 2.69 bits per heavy atom. The van der Waals surface area contributed by atoms with E-state index in [1.807, 2.05) is 38.1 Å². The Labute approximate surface area is 156 Å². The van der Waals surface area contributed by atoms with Crippen LogP contribution in [-0.4, -0.2) is 31.6 Å². The molecule has 1 aliphatic rings. The fourth-order valence-corrected chi connectivity index (χ4v) is 3.37. The number of anilines is 1. The molecule has 3 rings (SSSR count). The minimum absolute atomic E-state index is 0.0276. The Balaban J connectivity index is 1.44. The van der Waals surface area contributed by atoms with Crippen molar-refractivity contribution >= 4 is 11.6 Å². The molecule has 0 bridgehead atoms. The lowest BCUT2D eigenvalue weighted by molar-refractivity contribution is 0.0953. The Bertz CT molecular complexity index is 725. The highest BCUT2D eigenvalue weighted by molar-refractivity contribution is 5.94. The van der Waals surface area contributed by atoms with E-state index in [9.17, 15) is 4.79 Å². The third kappa shape index (κ3) is 4.78. The Morgan fingerprint density at radius 1 is 1.15 bits per heavy atom. The zero-order chi connectivity index (χ0) is 18.4. The van der Waals surface area contributed by atoms with E-state index < -0.39 is 0 Å². The molecular weight excluding hydrogens is 324 g/mol. The van der Waals surface area contributed by atoms with E-state index >= 15 is 0 Å². The van der Waals surface area contributed by atoms with Crippen LogP contribution in [-0.2, 0) is 6.42 Å². The SMILES string of the molecule is CC(C)Oc1ccc(C(=O)NCCCN2CCCc3ccccc32)cc1. The van der Waals surface area contributed by atoms with Crippen molar-refractivity contribution in [3.63, 3.8) is 0 Å². The summed E-state index contributed by atoms with van der Waals surface area (Å²) in [4.78, 5) is 14.7. The standard InChI is InChI=1S/C22H28N2O2/c1-17(2)26-20-12-10-19(11-13-20)22(25)23-14-6-16-24-15-5-8-18-7-3-4-9-21(18)24/h3-4,7,9-13,17H,5-6,8,14-16H2,1-2H3,(H,23,25). The van der Waals surface area contributed by atoms with E-state index in [1.165, 1.54) is 24.1 Å². The normalized spacial score (nSPS) is 13.4. The highest BCUT2D eigenvalue weighted by Crippen LogP contribution is 2.26. The number of para-hydroxylation sites is 1. The van der Waals surface area contributed by atoms with Crippen LogP contribution in [0.4, 0.5) is 5.69 Å². The van der Waals surface area contributed by atoms with Gasteiger partial charge in [-0.05, 0) is 69.0 Å². The lowest BCUT2D eigenvalue weighted by atomic mass is 10.0. The van der Waals surface area contributed by atoms with E-state index in [-0.39, 0.29) is 12.0 Å². The molecule has 0 fully saturated rings. The van der Waals surface area contributed by atoms with Crippen LogP contribution >= 0.6 is 0 Å². The van der Waals surface area contributed by atoms with Gasteiger partial charge in [-0.1, -0.05) is 18.2 Å². The number of rotatable bonds is 7. The number of carbonyl (C=O) groups is 1. The van der Waals surface area contributed by atoms with E-state index in [2.05, 4.69) is 34.5 Å². The molecule has 0 saturated heterocycles. The first-order valence-corrected chi connectivity index (χ1v) is 9.51. The van der Waals surface area contributed by atoms with E-state index in [0.29, 0.717) is 12.1 Å². The average Bonchev–Trinajstić information content (AvgIpc) is 2.65. The van der Waals surface area contributed by atoms with Gasteiger partial charge in [-0.3, -0.25) is 4.79 Å². The van der Waals surface area contributed by atoms with Crippen LogP contribution in [0.25, 0.3) is 0 Å². The Morgan fingerprint density at radius 2 is 1.92 bits per heavy atom. The van der Waals surface area contributed by atoms with Crippen LogP contribution in [0.5, 0.6) is 5.75 Å². The first-order valence-electron chi connectivity index (χ1n) is 9.51. The smallest absolute Gasteiger partial charge is 0.251 e. The quantitative estimate of drug-likeness (QED) is 0.765. The summed E-state index contributed by atoms with van der Waals surface area (Å²) in [6, 6.07) is 16.0. The Kier molecular flexibility index (Phi) is 6.16. The topological polar surface area (TPSA) is 41.6 Å². The van der Waals surface area contributed by atoms with Gasteiger partial charge in [0.05, 0.1) is 6.10 Å². The molecule has 0 radical (unpaired) electrons. The lowest BCUT2D eigenvalue weighted by Crippen LogP contribution is -2.33. The van der Waals surface area contributed by atoms with Crippen LogP contribution in [0.1, 0.15) is 42.6 Å². The number of hydrogen-bond donors (Lipinski definition) is 1. The summed E-state index contributed by atoms with van der Waals surface area (Å²) in [6.07, 6.45) is 3.44. The largest absolute Gasteiger partial charge is 0.491 e. The van der Waals surface area contributed by atoms with Crippen molar-refractivity contribution in [3.8, 4) is 5.75 Å².